The van der Waals surface area contributed by atoms with E-state index in [-0.39, 0.29) is 37.5 Å². The van der Waals surface area contributed by atoms with Gasteiger partial charge in [-0.1, -0.05) is 12.1 Å². The molecular formula is C22H27F3N4O2. The van der Waals surface area contributed by atoms with Gasteiger partial charge in [0.1, 0.15) is 30.7 Å². The van der Waals surface area contributed by atoms with Gasteiger partial charge in [-0.25, -0.2) is 18.0 Å². The molecule has 0 saturated carbocycles. The Balaban J connectivity index is 1.66. The highest BCUT2D eigenvalue weighted by molar-refractivity contribution is 5.74. The van der Waals surface area contributed by atoms with Gasteiger partial charge in [0.2, 0.25) is 0 Å². The van der Waals surface area contributed by atoms with Crippen molar-refractivity contribution < 1.29 is 22.7 Å². The summed E-state index contributed by atoms with van der Waals surface area (Å²) in [6.45, 7) is 1.32. The molecule has 0 radical (unpaired) electrons. The Hall–Kier alpha value is -2.81. The molecule has 1 fully saturated rings. The fourth-order valence-corrected chi connectivity index (χ4v) is 3.53. The molecule has 0 atom stereocenters. The van der Waals surface area contributed by atoms with Crippen molar-refractivity contribution in [3.05, 3.63) is 59.4 Å². The van der Waals surface area contributed by atoms with Gasteiger partial charge in [0.25, 0.3) is 0 Å². The second kappa shape index (κ2) is 11.0. The van der Waals surface area contributed by atoms with Gasteiger partial charge < -0.3 is 19.9 Å². The minimum atomic E-state index is -0.769. The predicted molar refractivity (Wildman–Crippen MR) is 110 cm³/mol. The molecular weight excluding hydrogens is 409 g/mol. The van der Waals surface area contributed by atoms with Crippen molar-refractivity contribution >= 4 is 6.03 Å². The van der Waals surface area contributed by atoms with Gasteiger partial charge >= 0.3 is 6.03 Å². The van der Waals surface area contributed by atoms with Gasteiger partial charge in [-0.2, -0.15) is 0 Å². The van der Waals surface area contributed by atoms with E-state index in [9.17, 15) is 18.0 Å². The molecule has 0 aliphatic carbocycles. The van der Waals surface area contributed by atoms with Gasteiger partial charge in [-0.3, -0.25) is 4.98 Å². The molecule has 1 aliphatic rings. The van der Waals surface area contributed by atoms with Crippen molar-refractivity contribution in [2.45, 2.75) is 32.0 Å². The molecule has 0 unspecified atom stereocenters. The van der Waals surface area contributed by atoms with Crippen LogP contribution in [0.15, 0.2) is 36.5 Å². The standard InChI is InChI=1S/C22H27F3N4O2/c1-28-9-6-18(7-10-28)29(15-21-20(25)12-17(24)14-26-21)22(30)27-13-16-2-4-19(5-3-16)31-11-8-23/h2-5,12,14,18H,6-11,13,15H2,1H3,(H,27,30). The first-order chi connectivity index (χ1) is 15.0. The maximum absolute atomic E-state index is 14.2. The topological polar surface area (TPSA) is 57.7 Å². The molecule has 168 valence electrons. The molecule has 2 heterocycles. The summed E-state index contributed by atoms with van der Waals surface area (Å²) in [6, 6.07) is 7.37. The van der Waals surface area contributed by atoms with Crippen LogP contribution in [0.25, 0.3) is 0 Å². The number of aromatic nitrogens is 1. The summed E-state index contributed by atoms with van der Waals surface area (Å²) in [6.07, 6.45) is 2.47. The maximum Gasteiger partial charge on any atom is 0.318 e. The van der Waals surface area contributed by atoms with E-state index in [0.29, 0.717) is 5.75 Å². The summed E-state index contributed by atoms with van der Waals surface area (Å²) in [5.41, 5.74) is 0.875. The monoisotopic (exact) mass is 436 g/mol. The van der Waals surface area contributed by atoms with Crippen LogP contribution in [0, 0.1) is 11.6 Å². The number of nitrogens with one attached hydrogen (secondary N) is 1. The second-order valence-electron chi connectivity index (χ2n) is 7.58. The van der Waals surface area contributed by atoms with Gasteiger partial charge in [0.05, 0.1) is 18.4 Å². The van der Waals surface area contributed by atoms with Crippen molar-refractivity contribution in [2.75, 3.05) is 33.4 Å². The number of ether oxygens (including phenoxy) is 1. The number of carbonyl (C=O) groups is 1. The zero-order valence-electron chi connectivity index (χ0n) is 17.5. The fourth-order valence-electron chi connectivity index (χ4n) is 3.53. The Morgan fingerprint density at radius 1 is 1.26 bits per heavy atom. The Kier molecular flexibility index (Phi) is 8.11. The summed E-state index contributed by atoms with van der Waals surface area (Å²) >= 11 is 0. The summed E-state index contributed by atoms with van der Waals surface area (Å²) in [4.78, 5) is 20.6. The summed E-state index contributed by atoms with van der Waals surface area (Å²) in [5.74, 6) is -0.969. The maximum atomic E-state index is 14.2. The van der Waals surface area contributed by atoms with Crippen molar-refractivity contribution in [1.29, 1.82) is 0 Å². The van der Waals surface area contributed by atoms with Crippen LogP contribution in [-0.2, 0) is 13.1 Å². The number of benzene rings is 1. The van der Waals surface area contributed by atoms with Crippen LogP contribution in [0.4, 0.5) is 18.0 Å². The third kappa shape index (κ3) is 6.58. The Bertz CT molecular complexity index is 858. The first-order valence-electron chi connectivity index (χ1n) is 10.3. The molecule has 1 aromatic carbocycles. The van der Waals surface area contributed by atoms with E-state index in [1.54, 1.807) is 29.2 Å². The van der Waals surface area contributed by atoms with Crippen LogP contribution in [0.5, 0.6) is 5.75 Å². The second-order valence-corrected chi connectivity index (χ2v) is 7.58. The number of hydrogen-bond donors (Lipinski definition) is 1. The van der Waals surface area contributed by atoms with E-state index in [4.69, 9.17) is 4.74 Å². The zero-order chi connectivity index (χ0) is 22.2. The van der Waals surface area contributed by atoms with Crippen molar-refractivity contribution in [3.8, 4) is 5.75 Å². The van der Waals surface area contributed by atoms with Crippen LogP contribution < -0.4 is 10.1 Å². The number of alkyl halides is 1. The highest BCUT2D eigenvalue weighted by Gasteiger charge is 2.28. The molecule has 1 saturated heterocycles. The number of carbonyl (C=O) groups excluding carboxylic acids is 1. The molecule has 31 heavy (non-hydrogen) atoms. The lowest BCUT2D eigenvalue weighted by Crippen LogP contribution is -2.49. The van der Waals surface area contributed by atoms with E-state index in [2.05, 4.69) is 15.2 Å². The van der Waals surface area contributed by atoms with E-state index >= 15 is 0 Å². The van der Waals surface area contributed by atoms with Crippen LogP contribution in [-0.4, -0.2) is 60.3 Å². The number of likely N-dealkylation sites (tertiary alicyclic amines) is 1. The van der Waals surface area contributed by atoms with E-state index in [1.807, 2.05) is 7.05 Å². The van der Waals surface area contributed by atoms with Crippen molar-refractivity contribution in [2.24, 2.45) is 0 Å². The van der Waals surface area contributed by atoms with Gasteiger partial charge in [0.15, 0.2) is 0 Å². The molecule has 1 aliphatic heterocycles. The number of piperidine rings is 1. The summed E-state index contributed by atoms with van der Waals surface area (Å²) < 4.78 is 44.8. The number of halogens is 3. The first kappa shape index (κ1) is 22.9. The van der Waals surface area contributed by atoms with Crippen LogP contribution >= 0.6 is 0 Å². The first-order valence-corrected chi connectivity index (χ1v) is 10.3. The van der Waals surface area contributed by atoms with Gasteiger partial charge in [0, 0.05) is 18.7 Å². The number of urea groups is 1. The highest BCUT2D eigenvalue weighted by atomic mass is 19.1. The summed E-state index contributed by atoms with van der Waals surface area (Å²) in [5, 5.41) is 2.87. The molecule has 1 N–H and O–H groups in total. The molecule has 0 bridgehead atoms. The molecule has 6 nitrogen and oxygen atoms in total. The third-order valence-corrected chi connectivity index (χ3v) is 5.31. The smallest absolute Gasteiger partial charge is 0.318 e. The van der Waals surface area contributed by atoms with Crippen LogP contribution in [0.3, 0.4) is 0 Å². The van der Waals surface area contributed by atoms with Gasteiger partial charge in [-0.05, 0) is 50.7 Å². The predicted octanol–water partition coefficient (Wildman–Crippen LogP) is 3.51. The minimum absolute atomic E-state index is 0.00436. The Morgan fingerprint density at radius 2 is 1.97 bits per heavy atom. The molecule has 3 rings (SSSR count). The third-order valence-electron chi connectivity index (χ3n) is 5.31. The molecule has 1 aromatic heterocycles. The lowest BCUT2D eigenvalue weighted by molar-refractivity contribution is 0.125. The number of nitrogens with zero attached hydrogens (tertiary/aromatic N) is 3. The van der Waals surface area contributed by atoms with Crippen LogP contribution in [0.2, 0.25) is 0 Å². The average Bonchev–Trinajstić information content (AvgIpc) is 2.77. The zero-order valence-corrected chi connectivity index (χ0v) is 17.5. The highest BCUT2D eigenvalue weighted by Crippen LogP contribution is 2.20. The Labute approximate surface area is 180 Å². The molecule has 2 aromatic rings. The Morgan fingerprint density at radius 3 is 2.61 bits per heavy atom. The van der Waals surface area contributed by atoms with Crippen LogP contribution in [0.1, 0.15) is 24.1 Å². The molecule has 0 spiro atoms. The minimum Gasteiger partial charge on any atom is -0.491 e. The SMILES string of the molecule is CN1CCC(N(Cc2ncc(F)cc2F)C(=O)NCc2ccc(OCCF)cc2)CC1. The van der Waals surface area contributed by atoms with E-state index in [1.165, 1.54) is 0 Å². The number of amides is 2. The lowest BCUT2D eigenvalue weighted by Gasteiger charge is -2.37. The quantitative estimate of drug-likeness (QED) is 0.688. The average molecular weight is 436 g/mol. The normalized spacial score (nSPS) is 15.0. The molecule has 9 heteroatoms. The lowest BCUT2D eigenvalue weighted by atomic mass is 10.0. The number of pyridine rings is 1. The van der Waals surface area contributed by atoms with Gasteiger partial charge in [-0.15, -0.1) is 0 Å². The number of rotatable bonds is 8. The van der Waals surface area contributed by atoms with E-state index < -0.39 is 18.3 Å². The van der Waals surface area contributed by atoms with Crippen molar-refractivity contribution in [1.82, 2.24) is 20.1 Å². The van der Waals surface area contributed by atoms with Crippen molar-refractivity contribution in [3.63, 3.8) is 0 Å². The molecule has 2 amide bonds. The summed E-state index contributed by atoms with van der Waals surface area (Å²) in [7, 11) is 2.02. The largest absolute Gasteiger partial charge is 0.491 e. The number of hydrogen-bond acceptors (Lipinski definition) is 4. The fraction of sp³-hybridized carbons (Fsp3) is 0.455. The van der Waals surface area contributed by atoms with E-state index in [0.717, 1.165) is 43.8 Å².